The lowest BCUT2D eigenvalue weighted by Gasteiger charge is -2.24. The molecule has 1 fully saturated rings. The maximum atomic E-state index is 13.4. The minimum absolute atomic E-state index is 0.00381. The number of anilines is 1. The molecule has 1 aliphatic rings. The van der Waals surface area contributed by atoms with E-state index in [1.165, 1.54) is 0 Å². The normalized spacial score (nSPS) is 15.8. The quantitative estimate of drug-likeness (QED) is 0.293. The topological polar surface area (TPSA) is 52.7 Å². The molecular formula is C25H21ClIN3O2S. The van der Waals surface area contributed by atoms with Crippen molar-refractivity contribution in [2.24, 2.45) is 0 Å². The van der Waals surface area contributed by atoms with Crippen molar-refractivity contribution in [3.05, 3.63) is 98.6 Å². The van der Waals surface area contributed by atoms with E-state index in [-0.39, 0.29) is 18.2 Å². The fourth-order valence-electron chi connectivity index (χ4n) is 3.69. The van der Waals surface area contributed by atoms with E-state index in [0.717, 1.165) is 14.7 Å². The molecule has 0 spiro atoms. The predicted octanol–water partition coefficient (Wildman–Crippen LogP) is 5.47. The van der Waals surface area contributed by atoms with Crippen molar-refractivity contribution in [2.45, 2.75) is 25.6 Å². The van der Waals surface area contributed by atoms with Crippen LogP contribution in [-0.4, -0.2) is 32.8 Å². The zero-order chi connectivity index (χ0) is 23.4. The van der Waals surface area contributed by atoms with E-state index in [4.69, 9.17) is 23.8 Å². The molecule has 1 saturated heterocycles. The summed E-state index contributed by atoms with van der Waals surface area (Å²) < 4.78 is 1.08. The molecule has 5 nitrogen and oxygen atoms in total. The number of nitrogens with one attached hydrogen (secondary N) is 1. The summed E-state index contributed by atoms with van der Waals surface area (Å²) in [7, 11) is 0. The van der Waals surface area contributed by atoms with Crippen LogP contribution >= 0.6 is 46.4 Å². The Labute approximate surface area is 216 Å². The van der Waals surface area contributed by atoms with Crippen LogP contribution in [0.1, 0.15) is 17.5 Å². The SMILES string of the molecule is O=C(CC1C(=O)N(Cc2ccccc2)C(=S)N1Cc1ccc(Cl)cc1)Nc1ccc(I)cc1. The van der Waals surface area contributed by atoms with Gasteiger partial charge in [-0.05, 0) is 82.3 Å². The number of carbonyl (C=O) groups excluding carboxylic acids is 2. The van der Waals surface area contributed by atoms with Crippen molar-refractivity contribution in [3.63, 3.8) is 0 Å². The Hall–Kier alpha value is -2.49. The molecule has 1 aliphatic heterocycles. The van der Waals surface area contributed by atoms with Gasteiger partial charge in [-0.2, -0.15) is 0 Å². The summed E-state index contributed by atoms with van der Waals surface area (Å²) in [6, 6.07) is 23.9. The van der Waals surface area contributed by atoms with Gasteiger partial charge in [0.25, 0.3) is 5.91 Å². The zero-order valence-corrected chi connectivity index (χ0v) is 21.3. The van der Waals surface area contributed by atoms with Gasteiger partial charge < -0.3 is 10.2 Å². The van der Waals surface area contributed by atoms with Gasteiger partial charge >= 0.3 is 0 Å². The molecule has 8 heteroatoms. The number of rotatable bonds is 7. The number of amides is 2. The summed E-state index contributed by atoms with van der Waals surface area (Å²) >= 11 is 13.9. The van der Waals surface area contributed by atoms with E-state index in [9.17, 15) is 9.59 Å². The number of carbonyl (C=O) groups is 2. The van der Waals surface area contributed by atoms with E-state index in [1.807, 2.05) is 71.6 Å². The first kappa shape index (κ1) is 23.7. The molecule has 0 radical (unpaired) electrons. The minimum Gasteiger partial charge on any atom is -0.332 e. The first-order chi connectivity index (χ1) is 15.9. The van der Waals surface area contributed by atoms with E-state index < -0.39 is 6.04 Å². The summed E-state index contributed by atoms with van der Waals surface area (Å²) in [5, 5.41) is 3.95. The molecule has 168 valence electrons. The van der Waals surface area contributed by atoms with Crippen LogP contribution in [0.25, 0.3) is 0 Å². The number of benzene rings is 3. The van der Waals surface area contributed by atoms with Crippen LogP contribution in [0.3, 0.4) is 0 Å². The van der Waals surface area contributed by atoms with E-state index in [0.29, 0.717) is 28.9 Å². The molecule has 2 amide bonds. The Bertz CT molecular complexity index is 1160. The Morgan fingerprint density at radius 3 is 2.24 bits per heavy atom. The third-order valence-electron chi connectivity index (χ3n) is 5.36. The molecule has 1 heterocycles. The van der Waals surface area contributed by atoms with Crippen molar-refractivity contribution in [1.29, 1.82) is 0 Å². The van der Waals surface area contributed by atoms with Gasteiger partial charge in [0.2, 0.25) is 5.91 Å². The van der Waals surface area contributed by atoms with Crippen LogP contribution in [-0.2, 0) is 22.7 Å². The van der Waals surface area contributed by atoms with Crippen molar-refractivity contribution in [1.82, 2.24) is 9.80 Å². The van der Waals surface area contributed by atoms with Crippen LogP contribution < -0.4 is 5.32 Å². The molecule has 0 bridgehead atoms. The van der Waals surface area contributed by atoms with Crippen LogP contribution in [0.5, 0.6) is 0 Å². The average Bonchev–Trinajstić information content (AvgIpc) is 3.02. The molecule has 3 aromatic carbocycles. The van der Waals surface area contributed by atoms with Gasteiger partial charge in [0.05, 0.1) is 13.0 Å². The Kier molecular flexibility index (Phi) is 7.62. The molecule has 0 aromatic heterocycles. The van der Waals surface area contributed by atoms with Gasteiger partial charge in [-0.3, -0.25) is 14.5 Å². The fourth-order valence-corrected chi connectivity index (χ4v) is 4.52. The summed E-state index contributed by atoms with van der Waals surface area (Å²) in [6.07, 6.45) is 0.00381. The summed E-state index contributed by atoms with van der Waals surface area (Å²) in [4.78, 5) is 29.7. The summed E-state index contributed by atoms with van der Waals surface area (Å²) in [6.45, 7) is 0.777. The molecule has 33 heavy (non-hydrogen) atoms. The largest absolute Gasteiger partial charge is 0.332 e. The molecule has 4 rings (SSSR count). The number of thiocarbonyl (C=S) groups is 1. The second-order valence-electron chi connectivity index (χ2n) is 7.72. The Morgan fingerprint density at radius 1 is 0.939 bits per heavy atom. The third kappa shape index (κ3) is 5.90. The lowest BCUT2D eigenvalue weighted by Crippen LogP contribution is -2.37. The molecule has 0 saturated carbocycles. The molecule has 1 N–H and O–H groups in total. The highest BCUT2D eigenvalue weighted by atomic mass is 127. The van der Waals surface area contributed by atoms with Crippen molar-refractivity contribution in [2.75, 3.05) is 5.32 Å². The highest BCUT2D eigenvalue weighted by Gasteiger charge is 2.43. The van der Waals surface area contributed by atoms with Gasteiger partial charge in [-0.25, -0.2) is 0 Å². The van der Waals surface area contributed by atoms with E-state index in [1.54, 1.807) is 17.0 Å². The predicted molar refractivity (Wildman–Crippen MR) is 143 cm³/mol. The van der Waals surface area contributed by atoms with Crippen LogP contribution in [0, 0.1) is 3.57 Å². The minimum atomic E-state index is -0.680. The highest BCUT2D eigenvalue weighted by molar-refractivity contribution is 14.1. The second-order valence-corrected chi connectivity index (χ2v) is 9.77. The molecule has 3 aromatic rings. The zero-order valence-electron chi connectivity index (χ0n) is 17.6. The van der Waals surface area contributed by atoms with Gasteiger partial charge in [0, 0.05) is 20.8 Å². The second kappa shape index (κ2) is 10.6. The molecule has 1 unspecified atom stereocenters. The van der Waals surface area contributed by atoms with Crippen molar-refractivity contribution >= 4 is 69.0 Å². The molecule has 0 aliphatic carbocycles. The van der Waals surface area contributed by atoms with Gasteiger partial charge in [-0.15, -0.1) is 0 Å². The first-order valence-corrected chi connectivity index (χ1v) is 12.2. The smallest absolute Gasteiger partial charge is 0.252 e. The summed E-state index contributed by atoms with van der Waals surface area (Å²) in [5.41, 5.74) is 2.63. The Balaban J connectivity index is 1.55. The average molecular weight is 590 g/mol. The highest BCUT2D eigenvalue weighted by Crippen LogP contribution is 2.26. The lowest BCUT2D eigenvalue weighted by atomic mass is 10.1. The summed E-state index contributed by atoms with van der Waals surface area (Å²) in [5.74, 6) is -0.407. The van der Waals surface area contributed by atoms with Crippen LogP contribution in [0.2, 0.25) is 5.02 Å². The van der Waals surface area contributed by atoms with Crippen LogP contribution in [0.15, 0.2) is 78.9 Å². The van der Waals surface area contributed by atoms with Gasteiger partial charge in [0.1, 0.15) is 6.04 Å². The van der Waals surface area contributed by atoms with Gasteiger partial charge in [-0.1, -0.05) is 54.1 Å². The number of nitrogens with zero attached hydrogens (tertiary/aromatic N) is 2. The standard InChI is InChI=1S/C25H21ClIN3O2S/c26-19-8-6-18(7-9-19)15-29-22(14-23(31)28-21-12-10-20(27)11-13-21)24(32)30(25(29)33)16-17-4-2-1-3-5-17/h1-13,22H,14-16H2,(H,28,31). The van der Waals surface area contributed by atoms with Crippen molar-refractivity contribution in [3.8, 4) is 0 Å². The monoisotopic (exact) mass is 589 g/mol. The Morgan fingerprint density at radius 2 is 1.58 bits per heavy atom. The fraction of sp³-hybridized carbons (Fsp3) is 0.160. The van der Waals surface area contributed by atoms with Crippen molar-refractivity contribution < 1.29 is 9.59 Å². The maximum Gasteiger partial charge on any atom is 0.252 e. The first-order valence-electron chi connectivity index (χ1n) is 10.4. The lowest BCUT2D eigenvalue weighted by molar-refractivity contribution is -0.131. The van der Waals surface area contributed by atoms with Crippen LogP contribution in [0.4, 0.5) is 5.69 Å². The third-order valence-corrected chi connectivity index (χ3v) is 6.79. The number of hydrogen-bond acceptors (Lipinski definition) is 3. The van der Waals surface area contributed by atoms with E-state index >= 15 is 0 Å². The number of halogens is 2. The molecular weight excluding hydrogens is 569 g/mol. The number of hydrogen-bond donors (Lipinski definition) is 1. The molecule has 1 atom stereocenters. The van der Waals surface area contributed by atoms with Gasteiger partial charge in [0.15, 0.2) is 5.11 Å². The maximum absolute atomic E-state index is 13.4. The van der Waals surface area contributed by atoms with E-state index in [2.05, 4.69) is 27.9 Å².